The monoisotopic (exact) mass is 341 g/mol. The highest BCUT2D eigenvalue weighted by molar-refractivity contribution is 5.96. The van der Waals surface area contributed by atoms with Gasteiger partial charge in [-0.3, -0.25) is 4.79 Å². The Kier molecular flexibility index (Phi) is 5.12. The van der Waals surface area contributed by atoms with Gasteiger partial charge in [0.05, 0.1) is 19.9 Å². The van der Waals surface area contributed by atoms with Gasteiger partial charge in [-0.05, 0) is 36.1 Å². The van der Waals surface area contributed by atoms with Crippen molar-refractivity contribution in [1.29, 1.82) is 0 Å². The van der Waals surface area contributed by atoms with Gasteiger partial charge in [0.15, 0.2) is 18.1 Å². The summed E-state index contributed by atoms with van der Waals surface area (Å²) in [5.74, 6) is 2.25. The van der Waals surface area contributed by atoms with Gasteiger partial charge in [0.25, 0.3) is 5.91 Å². The van der Waals surface area contributed by atoms with Crippen molar-refractivity contribution in [1.82, 2.24) is 0 Å². The summed E-state index contributed by atoms with van der Waals surface area (Å²) in [6.07, 6.45) is 0.955. The minimum atomic E-state index is -0.0769. The lowest BCUT2D eigenvalue weighted by Gasteiger charge is -2.33. The Balaban J connectivity index is 1.78. The second-order valence-corrected chi connectivity index (χ2v) is 6.25. The molecule has 0 bridgehead atoms. The van der Waals surface area contributed by atoms with Crippen LogP contribution in [0.4, 0.5) is 5.69 Å². The van der Waals surface area contributed by atoms with E-state index in [4.69, 9.17) is 14.2 Å². The van der Waals surface area contributed by atoms with E-state index in [2.05, 4.69) is 6.92 Å². The van der Waals surface area contributed by atoms with Crippen molar-refractivity contribution < 1.29 is 19.0 Å². The van der Waals surface area contributed by atoms with Crippen molar-refractivity contribution in [2.24, 2.45) is 5.92 Å². The van der Waals surface area contributed by atoms with E-state index in [9.17, 15) is 4.79 Å². The molecule has 0 N–H and O–H groups in total. The lowest BCUT2D eigenvalue weighted by Crippen LogP contribution is -2.41. The average Bonchev–Trinajstić information content (AvgIpc) is 2.65. The topological polar surface area (TPSA) is 48.0 Å². The number of fused-ring (bicyclic) bond motifs is 1. The Morgan fingerprint density at radius 1 is 1.12 bits per heavy atom. The van der Waals surface area contributed by atoms with Gasteiger partial charge >= 0.3 is 0 Å². The Morgan fingerprint density at radius 3 is 2.60 bits per heavy atom. The normalized spacial score (nSPS) is 16.1. The molecule has 2 aromatic rings. The van der Waals surface area contributed by atoms with Crippen molar-refractivity contribution in [2.45, 2.75) is 13.3 Å². The van der Waals surface area contributed by atoms with E-state index in [0.29, 0.717) is 24.0 Å². The standard InChI is InChI=1S/C20H23NO4/c1-14-10-15-8-9-16(23-2)11-17(15)21(12-14)20(22)13-25-19-7-5-4-6-18(19)24-3/h4-9,11,14H,10,12-13H2,1-3H3. The van der Waals surface area contributed by atoms with E-state index in [1.807, 2.05) is 36.4 Å². The van der Waals surface area contributed by atoms with Crippen molar-refractivity contribution in [3.63, 3.8) is 0 Å². The zero-order valence-corrected chi connectivity index (χ0v) is 14.8. The summed E-state index contributed by atoms with van der Waals surface area (Å²) in [4.78, 5) is 14.6. The minimum absolute atomic E-state index is 0.0380. The largest absolute Gasteiger partial charge is 0.497 e. The Morgan fingerprint density at radius 2 is 1.88 bits per heavy atom. The molecule has 1 aliphatic heterocycles. The molecule has 1 unspecified atom stereocenters. The molecule has 1 atom stereocenters. The number of benzene rings is 2. The molecule has 5 nitrogen and oxygen atoms in total. The van der Waals surface area contributed by atoms with Gasteiger partial charge in [0, 0.05) is 12.6 Å². The van der Waals surface area contributed by atoms with Crippen LogP contribution in [-0.2, 0) is 11.2 Å². The second kappa shape index (κ2) is 7.47. The number of carbonyl (C=O) groups is 1. The molecule has 0 saturated carbocycles. The molecular formula is C20H23NO4. The summed E-state index contributed by atoms with van der Waals surface area (Å²) in [5.41, 5.74) is 2.07. The minimum Gasteiger partial charge on any atom is -0.497 e. The summed E-state index contributed by atoms with van der Waals surface area (Å²) in [6, 6.07) is 13.2. The number of rotatable bonds is 5. The van der Waals surface area contributed by atoms with E-state index in [0.717, 1.165) is 23.4 Å². The molecular weight excluding hydrogens is 318 g/mol. The maximum atomic E-state index is 12.8. The number of ether oxygens (including phenoxy) is 3. The Hall–Kier alpha value is -2.69. The van der Waals surface area contributed by atoms with Gasteiger partial charge in [-0.25, -0.2) is 0 Å². The van der Waals surface area contributed by atoms with Crippen LogP contribution in [0.5, 0.6) is 17.2 Å². The van der Waals surface area contributed by atoms with Crippen molar-refractivity contribution in [2.75, 3.05) is 32.3 Å². The van der Waals surface area contributed by atoms with Crippen LogP contribution in [0.25, 0.3) is 0 Å². The molecule has 0 radical (unpaired) electrons. The Labute approximate surface area is 148 Å². The summed E-state index contributed by atoms with van der Waals surface area (Å²) < 4.78 is 16.3. The highest BCUT2D eigenvalue weighted by Gasteiger charge is 2.27. The van der Waals surface area contributed by atoms with Crippen LogP contribution >= 0.6 is 0 Å². The van der Waals surface area contributed by atoms with E-state index >= 15 is 0 Å². The van der Waals surface area contributed by atoms with Crippen molar-refractivity contribution in [3.05, 3.63) is 48.0 Å². The number of hydrogen-bond acceptors (Lipinski definition) is 4. The number of hydrogen-bond donors (Lipinski definition) is 0. The zero-order valence-electron chi connectivity index (χ0n) is 14.8. The molecule has 0 saturated heterocycles. The van der Waals surface area contributed by atoms with E-state index in [-0.39, 0.29) is 12.5 Å². The summed E-state index contributed by atoms with van der Waals surface area (Å²) in [7, 11) is 3.21. The predicted octanol–water partition coefficient (Wildman–Crippen LogP) is 3.31. The molecule has 0 fully saturated rings. The summed E-state index contributed by atoms with van der Waals surface area (Å²) in [5, 5.41) is 0. The van der Waals surface area contributed by atoms with Crippen LogP contribution < -0.4 is 19.1 Å². The lowest BCUT2D eigenvalue weighted by molar-refractivity contribution is -0.120. The number of anilines is 1. The first-order valence-corrected chi connectivity index (χ1v) is 8.35. The predicted molar refractivity (Wildman–Crippen MR) is 96.7 cm³/mol. The third-order valence-corrected chi connectivity index (χ3v) is 4.37. The lowest BCUT2D eigenvalue weighted by atomic mass is 9.93. The third kappa shape index (κ3) is 3.71. The molecule has 0 aromatic heterocycles. The number of carbonyl (C=O) groups excluding carboxylic acids is 1. The molecule has 0 aliphatic carbocycles. The molecule has 3 rings (SSSR count). The fraction of sp³-hybridized carbons (Fsp3) is 0.350. The first kappa shape index (κ1) is 17.1. The second-order valence-electron chi connectivity index (χ2n) is 6.25. The average molecular weight is 341 g/mol. The Bertz CT molecular complexity index is 759. The summed E-state index contributed by atoms with van der Waals surface area (Å²) in [6.45, 7) is 2.78. The maximum Gasteiger partial charge on any atom is 0.264 e. The number of amides is 1. The van der Waals surface area contributed by atoms with Crippen LogP contribution in [-0.4, -0.2) is 33.3 Å². The van der Waals surface area contributed by atoms with Crippen molar-refractivity contribution in [3.8, 4) is 17.2 Å². The van der Waals surface area contributed by atoms with Crippen LogP contribution in [0.2, 0.25) is 0 Å². The molecule has 132 valence electrons. The molecule has 1 amide bonds. The zero-order chi connectivity index (χ0) is 17.8. The molecule has 1 heterocycles. The third-order valence-electron chi connectivity index (χ3n) is 4.37. The maximum absolute atomic E-state index is 12.8. The van der Waals surface area contributed by atoms with Gasteiger partial charge in [-0.2, -0.15) is 0 Å². The SMILES string of the molecule is COc1ccc2c(c1)N(C(=O)COc1ccccc1OC)CC(C)C2. The molecule has 5 heteroatoms. The van der Waals surface area contributed by atoms with Crippen molar-refractivity contribution >= 4 is 11.6 Å². The first-order chi connectivity index (χ1) is 12.1. The van der Waals surface area contributed by atoms with Gasteiger partial charge < -0.3 is 19.1 Å². The number of nitrogens with zero attached hydrogens (tertiary/aromatic N) is 1. The van der Waals surface area contributed by atoms with Crippen LogP contribution in [0.1, 0.15) is 12.5 Å². The van der Waals surface area contributed by atoms with E-state index < -0.39 is 0 Å². The van der Waals surface area contributed by atoms with Gasteiger partial charge in [0.2, 0.25) is 0 Å². The van der Waals surface area contributed by atoms with E-state index in [1.165, 1.54) is 0 Å². The first-order valence-electron chi connectivity index (χ1n) is 8.35. The van der Waals surface area contributed by atoms with E-state index in [1.54, 1.807) is 25.2 Å². The van der Waals surface area contributed by atoms with Gasteiger partial charge in [0.1, 0.15) is 5.75 Å². The highest BCUT2D eigenvalue weighted by Crippen LogP contribution is 2.33. The molecule has 25 heavy (non-hydrogen) atoms. The molecule has 1 aliphatic rings. The fourth-order valence-electron chi connectivity index (χ4n) is 3.14. The van der Waals surface area contributed by atoms with Crippen LogP contribution in [0.3, 0.4) is 0 Å². The smallest absolute Gasteiger partial charge is 0.264 e. The highest BCUT2D eigenvalue weighted by atomic mass is 16.5. The van der Waals surface area contributed by atoms with Gasteiger partial charge in [-0.1, -0.05) is 25.1 Å². The fourth-order valence-corrected chi connectivity index (χ4v) is 3.14. The van der Waals surface area contributed by atoms with Gasteiger partial charge in [-0.15, -0.1) is 0 Å². The number of para-hydroxylation sites is 2. The molecule has 0 spiro atoms. The van der Waals surface area contributed by atoms with Crippen LogP contribution in [0, 0.1) is 5.92 Å². The van der Waals surface area contributed by atoms with Crippen LogP contribution in [0.15, 0.2) is 42.5 Å². The summed E-state index contributed by atoms with van der Waals surface area (Å²) >= 11 is 0. The molecule has 2 aromatic carbocycles. The number of methoxy groups -OCH3 is 2. The quantitative estimate of drug-likeness (QED) is 0.837.